The predicted molar refractivity (Wildman–Crippen MR) is 106 cm³/mol. The molecule has 0 saturated carbocycles. The van der Waals surface area contributed by atoms with Crippen LogP contribution in [0.1, 0.15) is 6.92 Å². The number of carbonyl (C=O) groups is 2. The molecule has 2 rings (SSSR count). The van der Waals surface area contributed by atoms with Crippen molar-refractivity contribution in [2.45, 2.75) is 17.1 Å². The highest BCUT2D eigenvalue weighted by Crippen LogP contribution is 2.29. The first-order valence-corrected chi connectivity index (χ1v) is 10.3. The van der Waals surface area contributed by atoms with Crippen LogP contribution in [0.4, 0.5) is 10.1 Å². The van der Waals surface area contributed by atoms with Crippen LogP contribution in [0.3, 0.4) is 0 Å². The third-order valence-corrected chi connectivity index (χ3v) is 6.63. The fraction of sp³-hybridized carbons (Fsp3) is 0.222. The molecule has 0 aromatic heterocycles. The highest BCUT2D eigenvalue weighted by molar-refractivity contribution is 7.92. The molecular formula is C18H17Cl2FN2O4S. The molecule has 0 heterocycles. The summed E-state index contributed by atoms with van der Waals surface area (Å²) in [5, 5.41) is 1.48. The zero-order chi connectivity index (χ0) is 21.1. The fourth-order valence-corrected chi connectivity index (χ4v) is 4.22. The Morgan fingerprint density at radius 2 is 1.64 bits per heavy atom. The highest BCUT2D eigenvalue weighted by Gasteiger charge is 2.32. The number of hydrogen-bond acceptors (Lipinski definition) is 4. The van der Waals surface area contributed by atoms with Crippen LogP contribution in [0.5, 0.6) is 0 Å². The van der Waals surface area contributed by atoms with Gasteiger partial charge in [0.05, 0.1) is 27.2 Å². The van der Waals surface area contributed by atoms with Crippen LogP contribution < -0.4 is 5.32 Å². The molecule has 0 aliphatic carbocycles. The SMILES string of the molecule is CC(C(=O)N(C)CC(=O)Nc1c(Cl)cccc1Cl)S(=O)(=O)c1ccc(F)cc1. The van der Waals surface area contributed by atoms with Gasteiger partial charge < -0.3 is 10.2 Å². The van der Waals surface area contributed by atoms with Crippen molar-refractivity contribution < 1.29 is 22.4 Å². The van der Waals surface area contributed by atoms with Gasteiger partial charge >= 0.3 is 0 Å². The predicted octanol–water partition coefficient (Wildman–Crippen LogP) is 3.39. The Balaban J connectivity index is 2.09. The zero-order valence-corrected chi connectivity index (χ0v) is 17.3. The summed E-state index contributed by atoms with van der Waals surface area (Å²) in [5.41, 5.74) is 0.198. The lowest BCUT2D eigenvalue weighted by atomic mass is 10.3. The van der Waals surface area contributed by atoms with Crippen molar-refractivity contribution in [3.63, 3.8) is 0 Å². The molecule has 0 spiro atoms. The van der Waals surface area contributed by atoms with Gasteiger partial charge in [0.25, 0.3) is 0 Å². The number of anilines is 1. The Bertz CT molecular complexity index is 977. The van der Waals surface area contributed by atoms with Crippen molar-refractivity contribution in [2.75, 3.05) is 18.9 Å². The number of nitrogens with one attached hydrogen (secondary N) is 1. The second-order valence-electron chi connectivity index (χ2n) is 5.98. The van der Waals surface area contributed by atoms with Crippen LogP contribution in [0.15, 0.2) is 47.4 Å². The summed E-state index contributed by atoms with van der Waals surface area (Å²) >= 11 is 12.0. The minimum absolute atomic E-state index is 0.185. The molecule has 1 unspecified atom stereocenters. The first-order chi connectivity index (χ1) is 13.0. The largest absolute Gasteiger partial charge is 0.335 e. The number of rotatable bonds is 6. The molecule has 2 amide bonds. The number of halogens is 3. The van der Waals surface area contributed by atoms with E-state index < -0.39 is 39.3 Å². The van der Waals surface area contributed by atoms with E-state index in [0.29, 0.717) is 0 Å². The second-order valence-corrected chi connectivity index (χ2v) is 9.06. The molecule has 150 valence electrons. The van der Waals surface area contributed by atoms with Gasteiger partial charge in [-0.2, -0.15) is 0 Å². The Hall–Kier alpha value is -2.16. The molecule has 0 saturated heterocycles. The van der Waals surface area contributed by atoms with E-state index in [-0.39, 0.29) is 20.6 Å². The number of para-hydroxylation sites is 1. The van der Waals surface area contributed by atoms with Crippen LogP contribution in [0.2, 0.25) is 10.0 Å². The van der Waals surface area contributed by atoms with Crippen LogP contribution >= 0.6 is 23.2 Å². The summed E-state index contributed by atoms with van der Waals surface area (Å²) in [7, 11) is -2.74. The lowest BCUT2D eigenvalue weighted by molar-refractivity contribution is -0.132. The molecule has 2 aromatic carbocycles. The summed E-state index contributed by atoms with van der Waals surface area (Å²) in [4.78, 5) is 25.5. The molecule has 2 aromatic rings. The molecule has 10 heteroatoms. The number of sulfone groups is 1. The van der Waals surface area contributed by atoms with E-state index in [9.17, 15) is 22.4 Å². The number of amides is 2. The Morgan fingerprint density at radius 3 is 2.18 bits per heavy atom. The minimum Gasteiger partial charge on any atom is -0.335 e. The quantitative estimate of drug-likeness (QED) is 0.689. The van der Waals surface area contributed by atoms with Crippen LogP contribution in [-0.2, 0) is 19.4 Å². The number of likely N-dealkylation sites (N-methyl/N-ethyl adjacent to an activating group) is 1. The summed E-state index contributed by atoms with van der Waals surface area (Å²) in [6, 6.07) is 8.84. The monoisotopic (exact) mass is 446 g/mol. The molecule has 0 aliphatic heterocycles. The highest BCUT2D eigenvalue weighted by atomic mass is 35.5. The average molecular weight is 447 g/mol. The first kappa shape index (κ1) is 22.1. The molecule has 6 nitrogen and oxygen atoms in total. The van der Waals surface area contributed by atoms with Gasteiger partial charge in [-0.05, 0) is 43.3 Å². The number of benzene rings is 2. The van der Waals surface area contributed by atoms with Crippen molar-refractivity contribution >= 4 is 50.5 Å². The van der Waals surface area contributed by atoms with E-state index in [4.69, 9.17) is 23.2 Å². The van der Waals surface area contributed by atoms with Gasteiger partial charge in [0.2, 0.25) is 11.8 Å². The molecule has 1 N–H and O–H groups in total. The number of hydrogen-bond donors (Lipinski definition) is 1. The number of nitrogens with zero attached hydrogens (tertiary/aromatic N) is 1. The van der Waals surface area contributed by atoms with Gasteiger partial charge in [0.1, 0.15) is 11.1 Å². The van der Waals surface area contributed by atoms with Gasteiger partial charge in [0.15, 0.2) is 9.84 Å². The van der Waals surface area contributed by atoms with Crippen LogP contribution in [0.25, 0.3) is 0 Å². The Morgan fingerprint density at radius 1 is 1.11 bits per heavy atom. The molecule has 0 radical (unpaired) electrons. The summed E-state index contributed by atoms with van der Waals surface area (Å²) in [6.07, 6.45) is 0. The van der Waals surface area contributed by atoms with Gasteiger partial charge in [-0.15, -0.1) is 0 Å². The van der Waals surface area contributed by atoms with E-state index in [1.54, 1.807) is 6.07 Å². The lowest BCUT2D eigenvalue weighted by Gasteiger charge is -2.21. The smallest absolute Gasteiger partial charge is 0.244 e. The standard InChI is InChI=1S/C18H17Cl2FN2O4S/c1-11(28(26,27)13-8-6-12(21)7-9-13)18(25)23(2)10-16(24)22-17-14(19)4-3-5-15(17)20/h3-9,11H,10H2,1-2H3,(H,22,24). The third-order valence-electron chi connectivity index (χ3n) is 3.94. The van der Waals surface area contributed by atoms with Gasteiger partial charge in [-0.1, -0.05) is 29.3 Å². The maximum Gasteiger partial charge on any atom is 0.244 e. The van der Waals surface area contributed by atoms with E-state index in [0.717, 1.165) is 29.2 Å². The first-order valence-electron chi connectivity index (χ1n) is 8.02. The Kier molecular flexibility index (Phi) is 7.03. The average Bonchev–Trinajstić information content (AvgIpc) is 2.63. The van der Waals surface area contributed by atoms with Gasteiger partial charge in [0, 0.05) is 7.05 Å². The third kappa shape index (κ3) is 5.01. The van der Waals surface area contributed by atoms with E-state index in [2.05, 4.69) is 5.32 Å². The molecular weight excluding hydrogens is 430 g/mol. The normalized spacial score (nSPS) is 12.3. The topological polar surface area (TPSA) is 83.6 Å². The van der Waals surface area contributed by atoms with Crippen molar-refractivity contribution in [1.82, 2.24) is 4.90 Å². The van der Waals surface area contributed by atoms with Crippen molar-refractivity contribution in [3.05, 3.63) is 58.3 Å². The molecule has 1 atom stereocenters. The minimum atomic E-state index is -4.04. The van der Waals surface area contributed by atoms with E-state index >= 15 is 0 Å². The maximum absolute atomic E-state index is 13.0. The van der Waals surface area contributed by atoms with Crippen LogP contribution in [-0.4, -0.2) is 44.0 Å². The molecule has 0 bridgehead atoms. The Labute approximate surface area is 172 Å². The van der Waals surface area contributed by atoms with E-state index in [1.165, 1.54) is 26.1 Å². The molecule has 0 aliphatic rings. The lowest BCUT2D eigenvalue weighted by Crippen LogP contribution is -2.42. The summed E-state index contributed by atoms with van der Waals surface area (Å²) in [5.74, 6) is -1.98. The maximum atomic E-state index is 13.0. The van der Waals surface area contributed by atoms with E-state index in [1.807, 2.05) is 0 Å². The van der Waals surface area contributed by atoms with Gasteiger partial charge in [-0.3, -0.25) is 9.59 Å². The molecule has 0 fully saturated rings. The van der Waals surface area contributed by atoms with Crippen LogP contribution in [0, 0.1) is 5.82 Å². The fourth-order valence-electron chi connectivity index (χ4n) is 2.36. The zero-order valence-electron chi connectivity index (χ0n) is 14.9. The molecule has 28 heavy (non-hydrogen) atoms. The second kappa shape index (κ2) is 8.89. The number of carbonyl (C=O) groups excluding carboxylic acids is 2. The van der Waals surface area contributed by atoms with Crippen molar-refractivity contribution in [1.29, 1.82) is 0 Å². The van der Waals surface area contributed by atoms with Gasteiger partial charge in [-0.25, -0.2) is 12.8 Å². The van der Waals surface area contributed by atoms with Crippen molar-refractivity contribution in [2.24, 2.45) is 0 Å². The summed E-state index contributed by atoms with van der Waals surface area (Å²) in [6.45, 7) is 0.796. The van der Waals surface area contributed by atoms with Crippen molar-refractivity contribution in [3.8, 4) is 0 Å². The summed E-state index contributed by atoms with van der Waals surface area (Å²) < 4.78 is 38.1.